The van der Waals surface area contributed by atoms with Gasteiger partial charge in [-0.1, -0.05) is 19.1 Å². The second-order valence-electron chi connectivity index (χ2n) is 6.38. The van der Waals surface area contributed by atoms with Crippen LogP contribution >= 0.6 is 0 Å². The average Bonchev–Trinajstić information content (AvgIpc) is 2.66. The van der Waals surface area contributed by atoms with E-state index in [2.05, 4.69) is 5.32 Å². The summed E-state index contributed by atoms with van der Waals surface area (Å²) in [5.74, 6) is -0.637. The van der Waals surface area contributed by atoms with Gasteiger partial charge in [-0.2, -0.15) is 13.2 Å². The molecule has 0 aromatic heterocycles. The minimum atomic E-state index is -4.51. The maximum Gasteiger partial charge on any atom is 0.416 e. The van der Waals surface area contributed by atoms with E-state index >= 15 is 0 Å². The van der Waals surface area contributed by atoms with Crippen molar-refractivity contribution in [1.82, 2.24) is 0 Å². The van der Waals surface area contributed by atoms with E-state index < -0.39 is 17.6 Å². The van der Waals surface area contributed by atoms with Crippen molar-refractivity contribution < 1.29 is 22.8 Å². The first-order chi connectivity index (χ1) is 12.8. The van der Waals surface area contributed by atoms with Gasteiger partial charge in [-0.3, -0.25) is 9.59 Å². The molecule has 2 aromatic rings. The van der Waals surface area contributed by atoms with E-state index in [1.165, 1.54) is 12.1 Å². The first kappa shape index (κ1) is 18.9. The molecule has 0 bridgehead atoms. The molecule has 3 rings (SSSR count). The zero-order valence-corrected chi connectivity index (χ0v) is 14.8. The van der Waals surface area contributed by atoms with Gasteiger partial charge in [0.2, 0.25) is 5.91 Å². The number of alkyl halides is 3. The van der Waals surface area contributed by atoms with Crippen molar-refractivity contribution in [3.05, 3.63) is 59.2 Å². The number of rotatable bonds is 3. The molecule has 0 spiro atoms. The molecule has 0 unspecified atom stereocenters. The van der Waals surface area contributed by atoms with Gasteiger partial charge in [0.05, 0.1) is 5.56 Å². The monoisotopic (exact) mass is 376 g/mol. The van der Waals surface area contributed by atoms with E-state index in [0.29, 0.717) is 18.7 Å². The molecular formula is C20H19F3N2O2. The fourth-order valence-corrected chi connectivity index (χ4v) is 3.14. The standard InChI is InChI=1S/C20H19F3N2O2/c1-2-18(26)25-10-4-6-13-8-9-16(12-17(13)25)24-19(27)14-5-3-7-15(11-14)20(21,22)23/h3,5,7-9,11-12H,2,4,6,10H2,1H3,(H,24,27). The van der Waals surface area contributed by atoms with Crippen LogP contribution in [0, 0.1) is 0 Å². The van der Waals surface area contributed by atoms with Gasteiger partial charge in [0.1, 0.15) is 0 Å². The SMILES string of the molecule is CCC(=O)N1CCCc2ccc(NC(=O)c3cccc(C(F)(F)F)c3)cc21. The van der Waals surface area contributed by atoms with Gasteiger partial charge >= 0.3 is 6.18 Å². The van der Waals surface area contributed by atoms with Crippen LogP contribution < -0.4 is 10.2 Å². The van der Waals surface area contributed by atoms with Crippen LogP contribution in [0.5, 0.6) is 0 Å². The van der Waals surface area contributed by atoms with Crippen LogP contribution in [0.3, 0.4) is 0 Å². The molecule has 7 heteroatoms. The van der Waals surface area contributed by atoms with Crippen molar-refractivity contribution in [2.24, 2.45) is 0 Å². The van der Waals surface area contributed by atoms with Gasteiger partial charge in [0, 0.05) is 29.9 Å². The number of carbonyl (C=O) groups excluding carboxylic acids is 2. The van der Waals surface area contributed by atoms with Crippen molar-refractivity contribution in [2.45, 2.75) is 32.4 Å². The lowest BCUT2D eigenvalue weighted by Crippen LogP contribution is -2.35. The number of benzene rings is 2. The van der Waals surface area contributed by atoms with Gasteiger partial charge < -0.3 is 10.2 Å². The lowest BCUT2D eigenvalue weighted by Gasteiger charge is -2.29. The Labute approximate surface area is 155 Å². The quantitative estimate of drug-likeness (QED) is 0.848. The molecule has 0 radical (unpaired) electrons. The van der Waals surface area contributed by atoms with Gasteiger partial charge in [-0.05, 0) is 48.7 Å². The molecular weight excluding hydrogens is 357 g/mol. The second-order valence-corrected chi connectivity index (χ2v) is 6.38. The van der Waals surface area contributed by atoms with Crippen molar-refractivity contribution in [3.8, 4) is 0 Å². The Balaban J connectivity index is 1.84. The number of aryl methyl sites for hydroxylation is 1. The summed E-state index contributed by atoms with van der Waals surface area (Å²) in [6.07, 6.45) is -2.43. The van der Waals surface area contributed by atoms with E-state index in [0.717, 1.165) is 36.2 Å². The van der Waals surface area contributed by atoms with Crippen LogP contribution in [0.2, 0.25) is 0 Å². The number of fused-ring (bicyclic) bond motifs is 1. The van der Waals surface area contributed by atoms with Gasteiger partial charge in [-0.25, -0.2) is 0 Å². The number of carbonyl (C=O) groups is 2. The lowest BCUT2D eigenvalue weighted by atomic mass is 10.0. The zero-order valence-electron chi connectivity index (χ0n) is 14.8. The molecule has 4 nitrogen and oxygen atoms in total. The molecule has 1 N–H and O–H groups in total. The fraction of sp³-hybridized carbons (Fsp3) is 0.300. The van der Waals surface area contributed by atoms with Crippen LogP contribution in [-0.4, -0.2) is 18.4 Å². The summed E-state index contributed by atoms with van der Waals surface area (Å²) >= 11 is 0. The number of amides is 2. The van der Waals surface area contributed by atoms with E-state index in [-0.39, 0.29) is 11.5 Å². The highest BCUT2D eigenvalue weighted by atomic mass is 19.4. The average molecular weight is 376 g/mol. The number of anilines is 2. The predicted molar refractivity (Wildman–Crippen MR) is 96.8 cm³/mol. The smallest absolute Gasteiger partial charge is 0.322 e. The number of hydrogen-bond donors (Lipinski definition) is 1. The normalized spacial score (nSPS) is 13.9. The highest BCUT2D eigenvalue weighted by Crippen LogP contribution is 2.32. The Morgan fingerprint density at radius 2 is 1.93 bits per heavy atom. The zero-order chi connectivity index (χ0) is 19.6. The largest absolute Gasteiger partial charge is 0.416 e. The van der Waals surface area contributed by atoms with E-state index in [4.69, 9.17) is 0 Å². The molecule has 142 valence electrons. The molecule has 0 saturated heterocycles. The molecule has 0 fully saturated rings. The number of nitrogens with one attached hydrogen (secondary N) is 1. The van der Waals surface area contributed by atoms with Crippen molar-refractivity contribution in [2.75, 3.05) is 16.8 Å². The molecule has 0 atom stereocenters. The third-order valence-electron chi connectivity index (χ3n) is 4.52. The van der Waals surface area contributed by atoms with E-state index in [1.807, 2.05) is 6.07 Å². The Hall–Kier alpha value is -2.83. The first-order valence-electron chi connectivity index (χ1n) is 8.71. The minimum Gasteiger partial charge on any atom is -0.322 e. The summed E-state index contributed by atoms with van der Waals surface area (Å²) in [6.45, 7) is 2.40. The molecule has 27 heavy (non-hydrogen) atoms. The van der Waals surface area contributed by atoms with Gasteiger partial charge in [0.15, 0.2) is 0 Å². The Morgan fingerprint density at radius 1 is 1.15 bits per heavy atom. The Bertz CT molecular complexity index is 878. The summed E-state index contributed by atoms with van der Waals surface area (Å²) < 4.78 is 38.5. The highest BCUT2D eigenvalue weighted by molar-refractivity contribution is 6.05. The molecule has 0 aliphatic carbocycles. The molecule has 2 aromatic carbocycles. The lowest BCUT2D eigenvalue weighted by molar-refractivity contribution is -0.137. The van der Waals surface area contributed by atoms with Gasteiger partial charge in [-0.15, -0.1) is 0 Å². The molecule has 1 aliphatic rings. The van der Waals surface area contributed by atoms with Crippen LogP contribution in [-0.2, 0) is 17.4 Å². The van der Waals surface area contributed by atoms with Crippen molar-refractivity contribution in [1.29, 1.82) is 0 Å². The Morgan fingerprint density at radius 3 is 2.63 bits per heavy atom. The van der Waals surface area contributed by atoms with Gasteiger partial charge in [0.25, 0.3) is 5.91 Å². The highest BCUT2D eigenvalue weighted by Gasteiger charge is 2.31. The van der Waals surface area contributed by atoms with E-state index in [1.54, 1.807) is 24.0 Å². The third-order valence-corrected chi connectivity index (χ3v) is 4.52. The predicted octanol–water partition coefficient (Wildman–Crippen LogP) is 4.65. The molecule has 1 aliphatic heterocycles. The molecule has 1 heterocycles. The number of hydrogen-bond acceptors (Lipinski definition) is 2. The summed E-state index contributed by atoms with van der Waals surface area (Å²) in [7, 11) is 0. The van der Waals surface area contributed by atoms with Crippen LogP contribution in [0.1, 0.15) is 41.3 Å². The summed E-state index contributed by atoms with van der Waals surface area (Å²) in [6, 6.07) is 9.51. The van der Waals surface area contributed by atoms with Crippen molar-refractivity contribution >= 4 is 23.2 Å². The molecule has 0 saturated carbocycles. The maximum atomic E-state index is 12.8. The third kappa shape index (κ3) is 4.13. The van der Waals surface area contributed by atoms with Crippen LogP contribution in [0.4, 0.5) is 24.5 Å². The van der Waals surface area contributed by atoms with Crippen LogP contribution in [0.15, 0.2) is 42.5 Å². The summed E-state index contributed by atoms with van der Waals surface area (Å²) in [5.41, 5.74) is 1.24. The minimum absolute atomic E-state index is 0.00250. The summed E-state index contributed by atoms with van der Waals surface area (Å²) in [5, 5.41) is 2.62. The van der Waals surface area contributed by atoms with Crippen LogP contribution in [0.25, 0.3) is 0 Å². The number of nitrogens with zero attached hydrogens (tertiary/aromatic N) is 1. The Kier molecular flexibility index (Phi) is 5.21. The first-order valence-corrected chi connectivity index (χ1v) is 8.71. The van der Waals surface area contributed by atoms with Crippen molar-refractivity contribution in [3.63, 3.8) is 0 Å². The van der Waals surface area contributed by atoms with E-state index in [9.17, 15) is 22.8 Å². The fourth-order valence-electron chi connectivity index (χ4n) is 3.14. The maximum absolute atomic E-state index is 12.8. The summed E-state index contributed by atoms with van der Waals surface area (Å²) in [4.78, 5) is 26.2. The topological polar surface area (TPSA) is 49.4 Å². The molecule has 2 amide bonds. The second kappa shape index (κ2) is 7.42. The number of halogens is 3.